The molecule has 0 amide bonds. The van der Waals surface area contributed by atoms with Crippen LogP contribution in [0.3, 0.4) is 0 Å². The highest BCUT2D eigenvalue weighted by atomic mass is 32.2. The molecule has 17 heavy (non-hydrogen) atoms. The summed E-state index contributed by atoms with van der Waals surface area (Å²) in [5.41, 5.74) is 0.720. The van der Waals surface area contributed by atoms with Crippen molar-refractivity contribution in [2.24, 2.45) is 0 Å². The minimum atomic E-state index is -2.99. The molecule has 1 aromatic rings. The molecule has 0 fully saturated rings. The van der Waals surface area contributed by atoms with Gasteiger partial charge in [0.1, 0.15) is 5.82 Å². The molecular formula is C11H15N3O2S. The molecule has 5 nitrogen and oxygen atoms in total. The first-order valence-corrected chi connectivity index (χ1v) is 7.25. The summed E-state index contributed by atoms with van der Waals surface area (Å²) < 4.78 is 23.0. The van der Waals surface area contributed by atoms with E-state index in [0.717, 1.165) is 11.5 Å². The topological polar surface area (TPSA) is 62.3 Å². The summed E-state index contributed by atoms with van der Waals surface area (Å²) in [6.45, 7) is 2.22. The van der Waals surface area contributed by atoms with Gasteiger partial charge in [0, 0.05) is 23.8 Å². The number of anilines is 1. The van der Waals surface area contributed by atoms with Gasteiger partial charge in [0.15, 0.2) is 9.84 Å². The van der Waals surface area contributed by atoms with Gasteiger partial charge in [-0.1, -0.05) is 13.0 Å². The number of sulfone groups is 1. The molecule has 2 rings (SSSR count). The smallest absolute Gasteiger partial charge is 0.155 e. The Bertz CT molecular complexity index is 511. The van der Waals surface area contributed by atoms with Crippen molar-refractivity contribution in [2.75, 3.05) is 23.1 Å². The van der Waals surface area contributed by atoms with Crippen LogP contribution in [0.5, 0.6) is 0 Å². The molecule has 1 aliphatic heterocycles. The van der Waals surface area contributed by atoms with Crippen LogP contribution in [0, 0.1) is 0 Å². The lowest BCUT2D eigenvalue weighted by Gasteiger charge is -2.12. The summed E-state index contributed by atoms with van der Waals surface area (Å²) in [7, 11) is -2.99. The molecule has 1 aliphatic rings. The number of hydrogen-bond acceptors (Lipinski definition) is 5. The van der Waals surface area contributed by atoms with Crippen molar-refractivity contribution in [1.29, 1.82) is 0 Å². The van der Waals surface area contributed by atoms with Gasteiger partial charge in [-0.15, -0.1) is 0 Å². The monoisotopic (exact) mass is 253 g/mol. The third kappa shape index (κ3) is 2.97. The van der Waals surface area contributed by atoms with Gasteiger partial charge in [-0.2, -0.15) is 0 Å². The number of nitrogens with one attached hydrogen (secondary N) is 1. The van der Waals surface area contributed by atoms with Crippen LogP contribution in [0.4, 0.5) is 5.82 Å². The van der Waals surface area contributed by atoms with Crippen LogP contribution >= 0.6 is 0 Å². The van der Waals surface area contributed by atoms with Gasteiger partial charge in [0.2, 0.25) is 0 Å². The molecule has 2 heterocycles. The van der Waals surface area contributed by atoms with Crippen LogP contribution in [-0.2, 0) is 9.84 Å². The third-order valence-corrected chi connectivity index (χ3v) is 4.18. The highest BCUT2D eigenvalue weighted by molar-refractivity contribution is 7.91. The highest BCUT2D eigenvalue weighted by Crippen LogP contribution is 2.15. The zero-order valence-corrected chi connectivity index (χ0v) is 10.4. The van der Waals surface area contributed by atoms with Crippen molar-refractivity contribution in [1.82, 2.24) is 10.3 Å². The van der Waals surface area contributed by atoms with E-state index < -0.39 is 9.84 Å². The van der Waals surface area contributed by atoms with Gasteiger partial charge >= 0.3 is 0 Å². The van der Waals surface area contributed by atoms with Crippen LogP contribution in [-0.4, -0.2) is 31.6 Å². The quantitative estimate of drug-likeness (QED) is 0.857. The SMILES string of the molecule is CCS(=O)(=O)CC1=CN(c2ccccn2)CN1. The molecule has 1 aromatic heterocycles. The van der Waals surface area contributed by atoms with Crippen molar-refractivity contribution in [3.05, 3.63) is 36.3 Å². The Morgan fingerprint density at radius 3 is 2.94 bits per heavy atom. The van der Waals surface area contributed by atoms with Crippen molar-refractivity contribution in [3.8, 4) is 0 Å². The van der Waals surface area contributed by atoms with Crippen molar-refractivity contribution in [2.45, 2.75) is 6.92 Å². The van der Waals surface area contributed by atoms with Gasteiger partial charge in [0.25, 0.3) is 0 Å². The minimum Gasteiger partial charge on any atom is -0.369 e. The molecule has 0 saturated carbocycles. The van der Waals surface area contributed by atoms with E-state index in [2.05, 4.69) is 10.3 Å². The Balaban J connectivity index is 2.10. The molecule has 1 N–H and O–H groups in total. The molecule has 0 unspecified atom stereocenters. The average molecular weight is 253 g/mol. The largest absolute Gasteiger partial charge is 0.369 e. The fraction of sp³-hybridized carbons (Fsp3) is 0.364. The Labute approximate surface area is 101 Å². The molecule has 0 saturated heterocycles. The standard InChI is InChI=1S/C11H15N3O2S/c1-2-17(15,16)8-10-7-14(9-13-10)11-5-3-4-6-12-11/h3-7,13H,2,8-9H2,1H3. The summed E-state index contributed by atoms with van der Waals surface area (Å²) in [6, 6.07) is 5.63. The zero-order chi connectivity index (χ0) is 12.3. The normalized spacial score (nSPS) is 15.6. The van der Waals surface area contributed by atoms with E-state index in [0.29, 0.717) is 6.67 Å². The average Bonchev–Trinajstić information content (AvgIpc) is 2.78. The lowest BCUT2D eigenvalue weighted by atomic mass is 10.4. The molecule has 0 atom stereocenters. The molecular weight excluding hydrogens is 238 g/mol. The molecule has 0 spiro atoms. The van der Waals surface area contributed by atoms with Gasteiger partial charge in [0.05, 0.1) is 12.4 Å². The Kier molecular flexibility index (Phi) is 3.33. The van der Waals surface area contributed by atoms with Crippen LogP contribution in [0.25, 0.3) is 0 Å². The molecule has 92 valence electrons. The molecule has 0 aromatic carbocycles. The molecule has 0 bridgehead atoms. The Hall–Kier alpha value is -1.56. The third-order valence-electron chi connectivity index (χ3n) is 2.55. The van der Waals surface area contributed by atoms with E-state index in [1.807, 2.05) is 23.1 Å². The van der Waals surface area contributed by atoms with Crippen LogP contribution in [0.15, 0.2) is 36.3 Å². The van der Waals surface area contributed by atoms with E-state index >= 15 is 0 Å². The molecule has 6 heteroatoms. The first kappa shape index (κ1) is 11.9. The van der Waals surface area contributed by atoms with Gasteiger partial charge in [-0.05, 0) is 12.1 Å². The number of nitrogens with zero attached hydrogens (tertiary/aromatic N) is 2. The van der Waals surface area contributed by atoms with Crippen molar-refractivity contribution < 1.29 is 8.42 Å². The number of rotatable bonds is 4. The second-order valence-corrected chi connectivity index (χ2v) is 6.18. The van der Waals surface area contributed by atoms with Crippen LogP contribution in [0.2, 0.25) is 0 Å². The number of hydrogen-bond donors (Lipinski definition) is 1. The maximum absolute atomic E-state index is 11.5. The van der Waals surface area contributed by atoms with E-state index in [4.69, 9.17) is 0 Å². The summed E-state index contributed by atoms with van der Waals surface area (Å²) >= 11 is 0. The lowest BCUT2D eigenvalue weighted by molar-refractivity contribution is 0.598. The Morgan fingerprint density at radius 2 is 2.29 bits per heavy atom. The Morgan fingerprint density at radius 1 is 1.47 bits per heavy atom. The van der Waals surface area contributed by atoms with E-state index in [1.165, 1.54) is 0 Å². The summed E-state index contributed by atoms with van der Waals surface area (Å²) in [6.07, 6.45) is 3.51. The first-order chi connectivity index (χ1) is 8.11. The predicted molar refractivity (Wildman–Crippen MR) is 67.1 cm³/mol. The highest BCUT2D eigenvalue weighted by Gasteiger charge is 2.18. The number of pyridine rings is 1. The number of aromatic nitrogens is 1. The molecule has 0 aliphatic carbocycles. The van der Waals surface area contributed by atoms with E-state index in [1.54, 1.807) is 19.3 Å². The van der Waals surface area contributed by atoms with Gasteiger partial charge in [-0.25, -0.2) is 13.4 Å². The fourth-order valence-corrected chi connectivity index (χ4v) is 2.42. The summed E-state index contributed by atoms with van der Waals surface area (Å²) in [4.78, 5) is 6.09. The second kappa shape index (κ2) is 4.75. The minimum absolute atomic E-state index is 0.0623. The predicted octanol–water partition coefficient (Wildman–Crippen LogP) is 0.725. The summed E-state index contributed by atoms with van der Waals surface area (Å²) in [5.74, 6) is 1.03. The van der Waals surface area contributed by atoms with Crippen molar-refractivity contribution in [3.63, 3.8) is 0 Å². The van der Waals surface area contributed by atoms with E-state index in [9.17, 15) is 8.42 Å². The first-order valence-electron chi connectivity index (χ1n) is 5.43. The van der Waals surface area contributed by atoms with Crippen LogP contribution < -0.4 is 10.2 Å². The van der Waals surface area contributed by atoms with Gasteiger partial charge in [-0.3, -0.25) is 0 Å². The van der Waals surface area contributed by atoms with Gasteiger partial charge < -0.3 is 10.2 Å². The fourth-order valence-electron chi connectivity index (χ4n) is 1.56. The lowest BCUT2D eigenvalue weighted by Crippen LogP contribution is -2.23. The maximum Gasteiger partial charge on any atom is 0.155 e. The second-order valence-electron chi connectivity index (χ2n) is 3.82. The van der Waals surface area contributed by atoms with Crippen LogP contribution in [0.1, 0.15) is 6.92 Å². The molecule has 0 radical (unpaired) electrons. The zero-order valence-electron chi connectivity index (χ0n) is 9.63. The van der Waals surface area contributed by atoms with E-state index in [-0.39, 0.29) is 11.5 Å². The maximum atomic E-state index is 11.5. The van der Waals surface area contributed by atoms with Crippen molar-refractivity contribution >= 4 is 15.7 Å². The summed E-state index contributed by atoms with van der Waals surface area (Å²) in [5, 5.41) is 3.06.